The molecule has 0 aromatic heterocycles. The molecule has 46 valence electrons. The lowest BCUT2D eigenvalue weighted by atomic mass is 11.0. The molecule has 0 rings (SSSR count). The van der Waals surface area contributed by atoms with Crippen molar-refractivity contribution in [3.63, 3.8) is 0 Å². The van der Waals surface area contributed by atoms with Gasteiger partial charge in [-0.25, -0.2) is 0 Å². The highest BCUT2D eigenvalue weighted by Crippen LogP contribution is 1.80. The van der Waals surface area contributed by atoms with Crippen LogP contribution in [0.5, 0.6) is 0 Å². The normalized spacial score (nSPS) is 11.0. The molecule has 0 aromatic rings. The maximum absolute atomic E-state index is 10.1. The Labute approximate surface area is 60.7 Å². The van der Waals surface area contributed by atoms with Crippen LogP contribution >= 0.6 is 22.6 Å². The molecular formula is C3H6IN3O. The van der Waals surface area contributed by atoms with E-state index < -0.39 is 0 Å². The number of nitrogens with one attached hydrogen (secondary N) is 1. The van der Waals surface area contributed by atoms with E-state index in [4.69, 9.17) is 5.73 Å². The summed E-state index contributed by atoms with van der Waals surface area (Å²) >= 11 is 1.57. The minimum absolute atomic E-state index is 0.143. The molecule has 0 atom stereocenters. The Morgan fingerprint density at radius 2 is 2.38 bits per heavy atom. The van der Waals surface area contributed by atoms with Crippen LogP contribution < -0.4 is 11.1 Å². The van der Waals surface area contributed by atoms with E-state index >= 15 is 0 Å². The second-order valence-electron chi connectivity index (χ2n) is 1.01. The third-order valence-electron chi connectivity index (χ3n) is 0.467. The standard InChI is InChI=1S/C3H6IN3O/c1-6-3(5)7-2(4)8/h1H3,(H3,5,6,7,8). The fourth-order valence-corrected chi connectivity index (χ4v) is 0.433. The first kappa shape index (κ1) is 7.67. The first-order chi connectivity index (χ1) is 3.66. The zero-order valence-electron chi connectivity index (χ0n) is 4.31. The average Bonchev–Trinajstić information content (AvgIpc) is 1.65. The Kier molecular flexibility index (Phi) is 3.49. The Morgan fingerprint density at radius 3 is 2.50 bits per heavy atom. The molecule has 0 saturated carbocycles. The van der Waals surface area contributed by atoms with Crippen LogP contribution in [0.25, 0.3) is 0 Å². The SMILES string of the molecule is CN=C(N)NC(=O)I. The molecular weight excluding hydrogens is 221 g/mol. The van der Waals surface area contributed by atoms with Crippen molar-refractivity contribution in [1.82, 2.24) is 5.32 Å². The third-order valence-corrected chi connectivity index (χ3v) is 0.737. The fraction of sp³-hybridized carbons (Fsp3) is 0.333. The van der Waals surface area contributed by atoms with E-state index in [-0.39, 0.29) is 9.87 Å². The summed E-state index contributed by atoms with van der Waals surface area (Å²) in [7, 11) is 1.50. The number of amides is 1. The predicted octanol–water partition coefficient (Wildman–Crippen LogP) is 0.0755. The van der Waals surface area contributed by atoms with Gasteiger partial charge >= 0.3 is 0 Å². The number of carbonyl (C=O) groups excluding carboxylic acids is 1. The maximum Gasteiger partial charge on any atom is 0.287 e. The smallest absolute Gasteiger partial charge is 0.287 e. The summed E-state index contributed by atoms with van der Waals surface area (Å²) in [6, 6.07) is 0. The predicted molar refractivity (Wildman–Crippen MR) is 40.1 cm³/mol. The van der Waals surface area contributed by atoms with E-state index in [0.29, 0.717) is 0 Å². The van der Waals surface area contributed by atoms with Crippen LogP contribution in [0.3, 0.4) is 0 Å². The number of hydrogen-bond acceptors (Lipinski definition) is 2. The second-order valence-corrected chi connectivity index (χ2v) is 1.99. The van der Waals surface area contributed by atoms with Crippen molar-refractivity contribution in [2.45, 2.75) is 0 Å². The van der Waals surface area contributed by atoms with Crippen LogP contribution in [-0.2, 0) is 0 Å². The van der Waals surface area contributed by atoms with Crippen LogP contribution in [0.4, 0.5) is 4.79 Å². The Balaban J connectivity index is 3.56. The second kappa shape index (κ2) is 3.65. The van der Waals surface area contributed by atoms with Gasteiger partial charge < -0.3 is 5.73 Å². The number of rotatable bonds is 0. The zero-order valence-corrected chi connectivity index (χ0v) is 6.47. The Morgan fingerprint density at radius 1 is 1.88 bits per heavy atom. The van der Waals surface area contributed by atoms with Gasteiger partial charge in [0.05, 0.1) is 0 Å². The van der Waals surface area contributed by atoms with E-state index in [1.165, 1.54) is 7.05 Å². The fourth-order valence-electron chi connectivity index (χ4n) is 0.157. The van der Waals surface area contributed by atoms with Crippen molar-refractivity contribution in [2.75, 3.05) is 7.05 Å². The molecule has 0 bridgehead atoms. The van der Waals surface area contributed by atoms with E-state index in [1.54, 1.807) is 22.6 Å². The number of carbonyl (C=O) groups is 1. The molecule has 0 saturated heterocycles. The van der Waals surface area contributed by atoms with E-state index in [0.717, 1.165) is 0 Å². The van der Waals surface area contributed by atoms with Crippen LogP contribution in [0.2, 0.25) is 0 Å². The number of guanidine groups is 1. The summed E-state index contributed by atoms with van der Waals surface area (Å²) in [5.41, 5.74) is 5.09. The summed E-state index contributed by atoms with van der Waals surface area (Å²) < 4.78 is -0.231. The first-order valence-corrected chi connectivity index (χ1v) is 2.93. The Bertz CT molecular complexity index is 122. The molecule has 0 aromatic carbocycles. The van der Waals surface area contributed by atoms with Gasteiger partial charge in [0.2, 0.25) is 0 Å². The molecule has 1 amide bonds. The van der Waals surface area contributed by atoms with Crippen molar-refractivity contribution in [2.24, 2.45) is 10.7 Å². The zero-order chi connectivity index (χ0) is 6.57. The monoisotopic (exact) mass is 227 g/mol. The molecule has 8 heavy (non-hydrogen) atoms. The number of hydrogen-bond donors (Lipinski definition) is 2. The van der Waals surface area contributed by atoms with Gasteiger partial charge in [-0.1, -0.05) is 0 Å². The average molecular weight is 227 g/mol. The Hall–Kier alpha value is -0.330. The number of halogens is 1. The van der Waals surface area contributed by atoms with Gasteiger partial charge in [0, 0.05) is 29.6 Å². The van der Waals surface area contributed by atoms with Crippen LogP contribution in [-0.4, -0.2) is 16.9 Å². The molecule has 0 fully saturated rings. The molecule has 0 radical (unpaired) electrons. The molecule has 0 aliphatic heterocycles. The van der Waals surface area contributed by atoms with Crippen molar-refractivity contribution >= 4 is 32.5 Å². The molecule has 0 unspecified atom stereocenters. The van der Waals surface area contributed by atoms with E-state index in [2.05, 4.69) is 10.3 Å². The largest absolute Gasteiger partial charge is 0.370 e. The summed E-state index contributed by atoms with van der Waals surface area (Å²) in [6.45, 7) is 0. The lowest BCUT2D eigenvalue weighted by Crippen LogP contribution is -2.32. The van der Waals surface area contributed by atoms with Gasteiger partial charge in [-0.3, -0.25) is 15.1 Å². The van der Waals surface area contributed by atoms with Gasteiger partial charge in [-0.15, -0.1) is 0 Å². The third kappa shape index (κ3) is 3.85. The van der Waals surface area contributed by atoms with Crippen LogP contribution in [0.1, 0.15) is 0 Å². The van der Waals surface area contributed by atoms with Crippen LogP contribution in [0.15, 0.2) is 4.99 Å². The highest BCUT2D eigenvalue weighted by atomic mass is 127. The minimum Gasteiger partial charge on any atom is -0.370 e. The van der Waals surface area contributed by atoms with Gasteiger partial charge in [0.15, 0.2) is 5.96 Å². The first-order valence-electron chi connectivity index (χ1n) is 1.85. The van der Waals surface area contributed by atoms with Gasteiger partial charge in [-0.05, 0) is 0 Å². The number of nitrogens with zero attached hydrogens (tertiary/aromatic N) is 1. The van der Waals surface area contributed by atoms with Crippen LogP contribution in [0, 0.1) is 0 Å². The summed E-state index contributed by atoms with van der Waals surface area (Å²) in [6.07, 6.45) is 0. The highest BCUT2D eigenvalue weighted by molar-refractivity contribution is 14.1. The van der Waals surface area contributed by atoms with Crippen molar-refractivity contribution in [1.29, 1.82) is 0 Å². The summed E-state index contributed by atoms with van der Waals surface area (Å²) in [4.78, 5) is 13.6. The number of aliphatic imine (C=N–C) groups is 1. The lowest BCUT2D eigenvalue weighted by molar-refractivity contribution is 0.266. The molecule has 3 N–H and O–H groups in total. The minimum atomic E-state index is -0.231. The maximum atomic E-state index is 10.1. The summed E-state index contributed by atoms with van der Waals surface area (Å²) in [5, 5.41) is 2.27. The summed E-state index contributed by atoms with van der Waals surface area (Å²) in [5.74, 6) is 0.143. The highest BCUT2D eigenvalue weighted by Gasteiger charge is 1.91. The van der Waals surface area contributed by atoms with Crippen molar-refractivity contribution in [3.05, 3.63) is 0 Å². The topological polar surface area (TPSA) is 67.5 Å². The van der Waals surface area contributed by atoms with Gasteiger partial charge in [0.25, 0.3) is 3.91 Å². The van der Waals surface area contributed by atoms with E-state index in [9.17, 15) is 4.79 Å². The van der Waals surface area contributed by atoms with Gasteiger partial charge in [0.1, 0.15) is 0 Å². The molecule has 0 aliphatic carbocycles. The molecule has 0 spiro atoms. The molecule has 0 heterocycles. The molecule has 5 heteroatoms. The quantitative estimate of drug-likeness (QED) is 0.202. The number of nitrogens with two attached hydrogens (primary N) is 1. The molecule has 0 aliphatic rings. The van der Waals surface area contributed by atoms with Gasteiger partial charge in [-0.2, -0.15) is 0 Å². The molecule has 4 nitrogen and oxygen atoms in total. The van der Waals surface area contributed by atoms with Crippen molar-refractivity contribution < 1.29 is 4.79 Å². The van der Waals surface area contributed by atoms with Crippen molar-refractivity contribution in [3.8, 4) is 0 Å². The lowest BCUT2D eigenvalue weighted by Gasteiger charge is -1.93. The van der Waals surface area contributed by atoms with E-state index in [1.807, 2.05) is 0 Å².